The highest BCUT2D eigenvalue weighted by Gasteiger charge is 2.07. The van der Waals surface area contributed by atoms with Gasteiger partial charge in [-0.25, -0.2) is 4.79 Å². The lowest BCUT2D eigenvalue weighted by Gasteiger charge is -2.11. The summed E-state index contributed by atoms with van der Waals surface area (Å²) in [5.41, 5.74) is 6.01. The number of benzene rings is 1. The molecular weight excluding hydrogens is 250 g/mol. The first-order valence-corrected chi connectivity index (χ1v) is 6.50. The molecule has 18 heavy (non-hydrogen) atoms. The van der Waals surface area contributed by atoms with Gasteiger partial charge < -0.3 is 11.1 Å². The molecule has 0 aliphatic heterocycles. The fourth-order valence-electron chi connectivity index (χ4n) is 1.36. The predicted molar refractivity (Wildman–Crippen MR) is 72.4 cm³/mol. The number of hydrogen-bond acceptors (Lipinski definition) is 4. The molecule has 1 atom stereocenters. The summed E-state index contributed by atoms with van der Waals surface area (Å²) in [5.74, 6) is -0.222. The monoisotopic (exact) mass is 267 g/mol. The Labute approximate surface area is 111 Å². The molecule has 1 aromatic carbocycles. The zero-order valence-electron chi connectivity index (χ0n) is 10.4. The van der Waals surface area contributed by atoms with Gasteiger partial charge in [-0.1, -0.05) is 12.1 Å². The molecule has 3 amide bonds. The van der Waals surface area contributed by atoms with Crippen LogP contribution >= 0.6 is 11.8 Å². The third-order valence-corrected chi connectivity index (χ3v) is 3.42. The zero-order valence-corrected chi connectivity index (χ0v) is 11.2. The summed E-state index contributed by atoms with van der Waals surface area (Å²) in [4.78, 5) is 22.7. The van der Waals surface area contributed by atoms with Crippen molar-refractivity contribution in [1.29, 1.82) is 0 Å². The standard InChI is InChI=1S/C12H17N3O2S/c1-8(14-2)9-4-3-5-10(6-9)18-7-11(16)15-12(13)17/h3-6,8,14H,7H2,1-2H3,(H3,13,15,16,17). The van der Waals surface area contributed by atoms with E-state index in [9.17, 15) is 9.59 Å². The maximum atomic E-state index is 11.3. The normalized spacial score (nSPS) is 11.9. The van der Waals surface area contributed by atoms with Crippen molar-refractivity contribution in [3.8, 4) is 0 Å². The quantitative estimate of drug-likeness (QED) is 0.701. The van der Waals surface area contributed by atoms with Gasteiger partial charge in [-0.3, -0.25) is 10.1 Å². The molecule has 1 rings (SSSR count). The zero-order chi connectivity index (χ0) is 13.5. The predicted octanol–water partition coefficient (Wildman–Crippen LogP) is 1.25. The second-order valence-electron chi connectivity index (χ2n) is 3.78. The number of rotatable bonds is 5. The van der Waals surface area contributed by atoms with Gasteiger partial charge in [0.25, 0.3) is 0 Å². The van der Waals surface area contributed by atoms with Gasteiger partial charge in [-0.2, -0.15) is 0 Å². The lowest BCUT2D eigenvalue weighted by atomic mass is 10.1. The molecule has 0 aliphatic rings. The summed E-state index contributed by atoms with van der Waals surface area (Å²) in [5, 5.41) is 5.18. The number of nitrogens with one attached hydrogen (secondary N) is 2. The molecule has 98 valence electrons. The highest BCUT2D eigenvalue weighted by molar-refractivity contribution is 8.00. The summed E-state index contributed by atoms with van der Waals surface area (Å²) < 4.78 is 0. The molecule has 0 spiro atoms. The van der Waals surface area contributed by atoms with E-state index in [4.69, 9.17) is 5.73 Å². The summed E-state index contributed by atoms with van der Waals surface area (Å²) >= 11 is 1.36. The second-order valence-corrected chi connectivity index (χ2v) is 4.83. The fraction of sp³-hybridized carbons (Fsp3) is 0.333. The van der Waals surface area contributed by atoms with E-state index < -0.39 is 6.03 Å². The Balaban J connectivity index is 2.57. The lowest BCUT2D eigenvalue weighted by molar-refractivity contribution is -0.117. The van der Waals surface area contributed by atoms with Crippen molar-refractivity contribution in [3.63, 3.8) is 0 Å². The van der Waals surface area contributed by atoms with Crippen LogP contribution in [0.5, 0.6) is 0 Å². The molecule has 0 heterocycles. The van der Waals surface area contributed by atoms with Crippen LogP contribution < -0.4 is 16.4 Å². The molecule has 0 aliphatic carbocycles. The third-order valence-electron chi connectivity index (χ3n) is 2.42. The number of urea groups is 1. The Bertz CT molecular complexity index is 437. The lowest BCUT2D eigenvalue weighted by Crippen LogP contribution is -2.36. The second kappa shape index (κ2) is 7.03. The van der Waals surface area contributed by atoms with Crippen molar-refractivity contribution >= 4 is 23.7 Å². The highest BCUT2D eigenvalue weighted by atomic mass is 32.2. The Hall–Kier alpha value is -1.53. The average molecular weight is 267 g/mol. The van der Waals surface area contributed by atoms with Gasteiger partial charge in [0.15, 0.2) is 0 Å². The van der Waals surface area contributed by atoms with E-state index in [0.717, 1.165) is 10.5 Å². The molecule has 0 fully saturated rings. The van der Waals surface area contributed by atoms with Gasteiger partial charge in [0, 0.05) is 10.9 Å². The number of primary amides is 1. The first kappa shape index (κ1) is 14.5. The van der Waals surface area contributed by atoms with E-state index in [0.29, 0.717) is 0 Å². The summed E-state index contributed by atoms with van der Waals surface area (Å²) in [6, 6.07) is 7.34. The average Bonchev–Trinajstić information content (AvgIpc) is 2.35. The van der Waals surface area contributed by atoms with Crippen molar-refractivity contribution in [2.45, 2.75) is 17.9 Å². The number of imide groups is 1. The smallest absolute Gasteiger partial charge is 0.318 e. The van der Waals surface area contributed by atoms with Crippen molar-refractivity contribution in [2.75, 3.05) is 12.8 Å². The van der Waals surface area contributed by atoms with Crippen molar-refractivity contribution in [2.24, 2.45) is 5.73 Å². The molecule has 0 aromatic heterocycles. The maximum absolute atomic E-state index is 11.3. The van der Waals surface area contributed by atoms with Gasteiger partial charge in [0.1, 0.15) is 0 Å². The van der Waals surface area contributed by atoms with Gasteiger partial charge in [0.05, 0.1) is 5.75 Å². The molecule has 4 N–H and O–H groups in total. The summed E-state index contributed by atoms with van der Waals surface area (Å²) in [7, 11) is 1.89. The minimum absolute atomic E-state index is 0.167. The van der Waals surface area contributed by atoms with Crippen LogP contribution in [-0.2, 0) is 4.79 Å². The Morgan fingerprint density at radius 2 is 2.17 bits per heavy atom. The van der Waals surface area contributed by atoms with Crippen LogP contribution in [0, 0.1) is 0 Å². The van der Waals surface area contributed by atoms with Gasteiger partial charge in [0.2, 0.25) is 5.91 Å². The minimum Gasteiger partial charge on any atom is -0.351 e. The van der Waals surface area contributed by atoms with Crippen LogP contribution in [0.3, 0.4) is 0 Å². The van der Waals surface area contributed by atoms with E-state index in [1.54, 1.807) is 0 Å². The molecule has 1 aromatic rings. The number of hydrogen-bond donors (Lipinski definition) is 3. The van der Waals surface area contributed by atoms with E-state index >= 15 is 0 Å². The molecule has 1 unspecified atom stereocenters. The SMILES string of the molecule is CNC(C)c1cccc(SCC(=O)NC(N)=O)c1. The van der Waals surface area contributed by atoms with Crippen molar-refractivity contribution in [3.05, 3.63) is 29.8 Å². The van der Waals surface area contributed by atoms with Gasteiger partial charge in [-0.15, -0.1) is 11.8 Å². The first-order valence-electron chi connectivity index (χ1n) is 5.52. The number of carbonyl (C=O) groups excluding carboxylic acids is 2. The summed E-state index contributed by atoms with van der Waals surface area (Å²) in [6.07, 6.45) is 0. The van der Waals surface area contributed by atoms with E-state index in [1.807, 2.05) is 36.6 Å². The van der Waals surface area contributed by atoms with Crippen LogP contribution in [0.1, 0.15) is 18.5 Å². The molecule has 5 nitrogen and oxygen atoms in total. The molecule has 0 saturated heterocycles. The minimum atomic E-state index is -0.821. The number of amides is 3. The molecule has 0 saturated carbocycles. The van der Waals surface area contributed by atoms with E-state index in [1.165, 1.54) is 11.8 Å². The fourth-order valence-corrected chi connectivity index (χ4v) is 2.13. The highest BCUT2D eigenvalue weighted by Crippen LogP contribution is 2.21. The van der Waals surface area contributed by atoms with Crippen molar-refractivity contribution in [1.82, 2.24) is 10.6 Å². The van der Waals surface area contributed by atoms with Gasteiger partial charge >= 0.3 is 6.03 Å². The van der Waals surface area contributed by atoms with Gasteiger partial charge in [-0.05, 0) is 31.7 Å². The van der Waals surface area contributed by atoms with Crippen LogP contribution in [0.25, 0.3) is 0 Å². The molecule has 6 heteroatoms. The van der Waals surface area contributed by atoms with Crippen LogP contribution in [0.4, 0.5) is 4.79 Å². The van der Waals surface area contributed by atoms with Crippen molar-refractivity contribution < 1.29 is 9.59 Å². The van der Waals surface area contributed by atoms with Crippen LogP contribution in [0.2, 0.25) is 0 Å². The van der Waals surface area contributed by atoms with Crippen LogP contribution in [-0.4, -0.2) is 24.7 Å². The maximum Gasteiger partial charge on any atom is 0.318 e. The molecule has 0 bridgehead atoms. The first-order chi connectivity index (χ1) is 8.52. The Morgan fingerprint density at radius 3 is 2.78 bits per heavy atom. The van der Waals surface area contributed by atoms with E-state index in [-0.39, 0.29) is 17.7 Å². The summed E-state index contributed by atoms with van der Waals surface area (Å²) in [6.45, 7) is 2.06. The molecular formula is C12H17N3O2S. The third kappa shape index (κ3) is 4.77. The topological polar surface area (TPSA) is 84.2 Å². The van der Waals surface area contributed by atoms with E-state index in [2.05, 4.69) is 12.2 Å². The Morgan fingerprint density at radius 1 is 1.44 bits per heavy atom. The van der Waals surface area contributed by atoms with Crippen LogP contribution in [0.15, 0.2) is 29.2 Å². The Kier molecular flexibility index (Phi) is 5.67. The molecule has 0 radical (unpaired) electrons. The number of thioether (sulfide) groups is 1. The largest absolute Gasteiger partial charge is 0.351 e. The number of nitrogens with two attached hydrogens (primary N) is 1. The number of carbonyl (C=O) groups is 2.